The highest BCUT2D eigenvalue weighted by molar-refractivity contribution is 5.28. The maximum absolute atomic E-state index is 4.31. The normalized spacial score (nSPS) is 22.7. The van der Waals surface area contributed by atoms with Crippen LogP contribution in [0.25, 0.3) is 0 Å². The fourth-order valence-electron chi connectivity index (χ4n) is 1.62. The summed E-state index contributed by atoms with van der Waals surface area (Å²) in [6, 6.07) is 4.22. The second-order valence-electron chi connectivity index (χ2n) is 2.98. The van der Waals surface area contributed by atoms with Gasteiger partial charge in [0.05, 0.1) is 0 Å². The van der Waals surface area contributed by atoms with Crippen LogP contribution in [0.3, 0.4) is 0 Å². The van der Waals surface area contributed by atoms with Crippen LogP contribution in [0.1, 0.15) is 30.5 Å². The standard InChI is InChI=1S/C9H11N/c1-7-4-5-9-8(7)3-2-6-10-9/h2-3,6-7H,4-5H2,1H3/t7-/m1/s1. The summed E-state index contributed by atoms with van der Waals surface area (Å²) in [4.78, 5) is 4.31. The molecular weight excluding hydrogens is 122 g/mol. The number of aromatic nitrogens is 1. The van der Waals surface area contributed by atoms with Crippen molar-refractivity contribution in [2.45, 2.75) is 25.7 Å². The van der Waals surface area contributed by atoms with E-state index in [4.69, 9.17) is 0 Å². The Kier molecular flexibility index (Phi) is 1.23. The summed E-state index contributed by atoms with van der Waals surface area (Å²) in [5.41, 5.74) is 2.78. The van der Waals surface area contributed by atoms with Crippen molar-refractivity contribution in [3.63, 3.8) is 0 Å². The van der Waals surface area contributed by atoms with Gasteiger partial charge in [-0.25, -0.2) is 0 Å². The highest BCUT2D eigenvalue weighted by Gasteiger charge is 2.17. The van der Waals surface area contributed by atoms with Crippen LogP contribution in [-0.2, 0) is 6.42 Å². The van der Waals surface area contributed by atoms with Crippen LogP contribution in [0.2, 0.25) is 0 Å². The molecule has 1 heterocycles. The molecule has 1 atom stereocenters. The fourth-order valence-corrected chi connectivity index (χ4v) is 1.62. The average Bonchev–Trinajstić information content (AvgIpc) is 2.34. The van der Waals surface area contributed by atoms with Crippen molar-refractivity contribution >= 4 is 0 Å². The molecule has 1 aromatic heterocycles. The van der Waals surface area contributed by atoms with Crippen molar-refractivity contribution in [3.8, 4) is 0 Å². The van der Waals surface area contributed by atoms with Crippen molar-refractivity contribution in [3.05, 3.63) is 29.6 Å². The van der Waals surface area contributed by atoms with Gasteiger partial charge >= 0.3 is 0 Å². The van der Waals surface area contributed by atoms with Gasteiger partial charge in [-0.1, -0.05) is 13.0 Å². The van der Waals surface area contributed by atoms with Gasteiger partial charge in [0.25, 0.3) is 0 Å². The Labute approximate surface area is 61.1 Å². The van der Waals surface area contributed by atoms with Gasteiger partial charge in [0.2, 0.25) is 0 Å². The number of hydrogen-bond donors (Lipinski definition) is 0. The molecule has 0 saturated carbocycles. The minimum atomic E-state index is 0.740. The second kappa shape index (κ2) is 2.08. The largest absolute Gasteiger partial charge is 0.261 e. The van der Waals surface area contributed by atoms with Crippen molar-refractivity contribution in [2.75, 3.05) is 0 Å². The third kappa shape index (κ3) is 0.737. The van der Waals surface area contributed by atoms with E-state index >= 15 is 0 Å². The molecular formula is C9H11N. The van der Waals surface area contributed by atoms with Crippen LogP contribution >= 0.6 is 0 Å². The van der Waals surface area contributed by atoms with Gasteiger partial charge in [-0.05, 0) is 30.4 Å². The summed E-state index contributed by atoms with van der Waals surface area (Å²) in [7, 11) is 0. The van der Waals surface area contributed by atoms with E-state index in [9.17, 15) is 0 Å². The lowest BCUT2D eigenvalue weighted by Crippen LogP contribution is -1.86. The number of fused-ring (bicyclic) bond motifs is 1. The molecule has 0 bridgehead atoms. The Hall–Kier alpha value is -0.850. The Balaban J connectivity index is 2.51. The van der Waals surface area contributed by atoms with E-state index in [0.29, 0.717) is 0 Å². The lowest BCUT2D eigenvalue weighted by Gasteiger charge is -2.00. The van der Waals surface area contributed by atoms with Crippen LogP contribution in [0.15, 0.2) is 18.3 Å². The first-order chi connectivity index (χ1) is 4.88. The molecule has 52 valence electrons. The monoisotopic (exact) mass is 133 g/mol. The Morgan fingerprint density at radius 1 is 1.60 bits per heavy atom. The van der Waals surface area contributed by atoms with Gasteiger partial charge in [0.1, 0.15) is 0 Å². The van der Waals surface area contributed by atoms with Crippen molar-refractivity contribution in [2.24, 2.45) is 0 Å². The zero-order valence-corrected chi connectivity index (χ0v) is 6.17. The highest BCUT2D eigenvalue weighted by atomic mass is 14.7. The zero-order valence-electron chi connectivity index (χ0n) is 6.17. The number of aryl methyl sites for hydroxylation is 1. The SMILES string of the molecule is C[C@@H]1CCc2ncccc21. The van der Waals surface area contributed by atoms with Crippen molar-refractivity contribution < 1.29 is 0 Å². The lowest BCUT2D eigenvalue weighted by molar-refractivity contribution is 0.746. The third-order valence-corrected chi connectivity index (χ3v) is 2.27. The molecule has 0 aliphatic heterocycles. The van der Waals surface area contributed by atoms with E-state index in [0.717, 1.165) is 5.92 Å². The van der Waals surface area contributed by atoms with Gasteiger partial charge in [-0.15, -0.1) is 0 Å². The molecule has 1 heteroatoms. The van der Waals surface area contributed by atoms with Crippen LogP contribution in [-0.4, -0.2) is 4.98 Å². The van der Waals surface area contributed by atoms with Gasteiger partial charge in [-0.2, -0.15) is 0 Å². The Morgan fingerprint density at radius 2 is 2.50 bits per heavy atom. The van der Waals surface area contributed by atoms with Crippen LogP contribution in [0.4, 0.5) is 0 Å². The summed E-state index contributed by atoms with van der Waals surface area (Å²) >= 11 is 0. The Morgan fingerprint density at radius 3 is 3.30 bits per heavy atom. The maximum Gasteiger partial charge on any atom is 0.0438 e. The van der Waals surface area contributed by atoms with E-state index in [1.165, 1.54) is 24.1 Å². The second-order valence-corrected chi connectivity index (χ2v) is 2.98. The molecule has 0 amide bonds. The maximum atomic E-state index is 4.31. The van der Waals surface area contributed by atoms with Gasteiger partial charge in [0, 0.05) is 11.9 Å². The molecule has 0 aromatic carbocycles. The molecule has 0 N–H and O–H groups in total. The van der Waals surface area contributed by atoms with Gasteiger partial charge < -0.3 is 0 Å². The van der Waals surface area contributed by atoms with Crippen LogP contribution < -0.4 is 0 Å². The van der Waals surface area contributed by atoms with Gasteiger partial charge in [0.15, 0.2) is 0 Å². The molecule has 0 saturated heterocycles. The average molecular weight is 133 g/mol. The zero-order chi connectivity index (χ0) is 6.97. The summed E-state index contributed by atoms with van der Waals surface area (Å²) in [5.74, 6) is 0.740. The molecule has 1 aliphatic carbocycles. The van der Waals surface area contributed by atoms with Crippen molar-refractivity contribution in [1.29, 1.82) is 0 Å². The van der Waals surface area contributed by atoms with E-state index in [1.54, 1.807) is 0 Å². The van der Waals surface area contributed by atoms with E-state index in [1.807, 2.05) is 12.3 Å². The lowest BCUT2D eigenvalue weighted by atomic mass is 10.1. The molecule has 0 radical (unpaired) electrons. The summed E-state index contributed by atoms with van der Waals surface area (Å²) in [6.07, 6.45) is 4.35. The van der Waals surface area contributed by atoms with E-state index < -0.39 is 0 Å². The van der Waals surface area contributed by atoms with E-state index in [2.05, 4.69) is 18.0 Å². The molecule has 1 aliphatic rings. The highest BCUT2D eigenvalue weighted by Crippen LogP contribution is 2.30. The molecule has 1 nitrogen and oxygen atoms in total. The summed E-state index contributed by atoms with van der Waals surface area (Å²) in [6.45, 7) is 2.27. The predicted molar refractivity (Wildman–Crippen MR) is 41.0 cm³/mol. The molecule has 2 rings (SSSR count). The molecule has 0 fully saturated rings. The first kappa shape index (κ1) is 5.90. The summed E-state index contributed by atoms with van der Waals surface area (Å²) in [5, 5.41) is 0. The summed E-state index contributed by atoms with van der Waals surface area (Å²) < 4.78 is 0. The number of rotatable bonds is 0. The van der Waals surface area contributed by atoms with Crippen LogP contribution in [0, 0.1) is 0 Å². The smallest absolute Gasteiger partial charge is 0.0438 e. The Bertz CT molecular complexity index is 242. The minimum Gasteiger partial charge on any atom is -0.261 e. The molecule has 1 aromatic rings. The molecule has 0 unspecified atom stereocenters. The van der Waals surface area contributed by atoms with Gasteiger partial charge in [-0.3, -0.25) is 4.98 Å². The third-order valence-electron chi connectivity index (χ3n) is 2.27. The number of nitrogens with zero attached hydrogens (tertiary/aromatic N) is 1. The van der Waals surface area contributed by atoms with Crippen LogP contribution in [0.5, 0.6) is 0 Å². The van der Waals surface area contributed by atoms with Crippen molar-refractivity contribution in [1.82, 2.24) is 4.98 Å². The fraction of sp³-hybridized carbons (Fsp3) is 0.444. The quantitative estimate of drug-likeness (QED) is 0.528. The first-order valence-corrected chi connectivity index (χ1v) is 3.81. The molecule has 0 spiro atoms. The molecule has 10 heavy (non-hydrogen) atoms. The first-order valence-electron chi connectivity index (χ1n) is 3.81. The topological polar surface area (TPSA) is 12.9 Å². The van der Waals surface area contributed by atoms with E-state index in [-0.39, 0.29) is 0 Å². The minimum absolute atomic E-state index is 0.740. The predicted octanol–water partition coefficient (Wildman–Crippen LogP) is 2.13. The number of hydrogen-bond acceptors (Lipinski definition) is 1. The number of pyridine rings is 1.